The molecule has 0 saturated heterocycles. The second-order valence-corrected chi connectivity index (χ2v) is 6.93. The van der Waals surface area contributed by atoms with Crippen LogP contribution in [-0.2, 0) is 10.8 Å². The van der Waals surface area contributed by atoms with E-state index in [1.54, 1.807) is 18.3 Å². The van der Waals surface area contributed by atoms with Crippen molar-refractivity contribution >= 4 is 28.2 Å². The summed E-state index contributed by atoms with van der Waals surface area (Å²) in [7, 11) is -1.14. The number of pyridine rings is 1. The van der Waals surface area contributed by atoms with Gasteiger partial charge in [0.05, 0.1) is 16.5 Å². The number of aromatic nitrogens is 1. The third-order valence-electron chi connectivity index (χ3n) is 3.17. The quantitative estimate of drug-likeness (QED) is 0.944. The van der Waals surface area contributed by atoms with Gasteiger partial charge in [0.25, 0.3) is 0 Å². The number of hydrogen-bond acceptors (Lipinski definition) is 4. The Morgan fingerprint density at radius 1 is 1.32 bits per heavy atom. The minimum atomic E-state index is -1.14. The summed E-state index contributed by atoms with van der Waals surface area (Å²) in [6.45, 7) is 0. The molecule has 0 bridgehead atoms. The van der Waals surface area contributed by atoms with Crippen molar-refractivity contribution in [2.75, 3.05) is 17.2 Å². The second kappa shape index (κ2) is 5.35. The van der Waals surface area contributed by atoms with E-state index in [1.165, 1.54) is 10.5 Å². The molecule has 98 valence electrons. The highest BCUT2D eigenvalue weighted by atomic mass is 32.2. The van der Waals surface area contributed by atoms with Gasteiger partial charge in [-0.05, 0) is 23.8 Å². The Balaban J connectivity index is 1.81. The molecule has 1 aromatic heterocycles. The Kier molecular flexibility index (Phi) is 3.57. The lowest BCUT2D eigenvalue weighted by molar-refractivity contribution is 0.675. The lowest BCUT2D eigenvalue weighted by Gasteiger charge is -2.10. The fraction of sp³-hybridized carbons (Fsp3) is 0.214. The molecular formula is C14H14N2OS2. The standard InChI is InChI=1S/C14H14N2OS2/c15-12-5-3-7-16-14(12)19(17)9-10-8-18-13-6-2-1-4-11(10)13/h1-7,10H,8-9,15H2. The summed E-state index contributed by atoms with van der Waals surface area (Å²) in [5, 5.41) is 0.511. The molecule has 1 aliphatic heterocycles. The Hall–Kier alpha value is -1.33. The van der Waals surface area contributed by atoms with E-state index in [4.69, 9.17) is 5.73 Å². The molecule has 0 saturated carbocycles. The van der Waals surface area contributed by atoms with Crippen molar-refractivity contribution in [3.05, 3.63) is 48.2 Å². The Morgan fingerprint density at radius 2 is 2.16 bits per heavy atom. The molecule has 0 fully saturated rings. The van der Waals surface area contributed by atoms with Crippen LogP contribution in [0.15, 0.2) is 52.5 Å². The first-order valence-corrected chi connectivity index (χ1v) is 8.37. The first-order chi connectivity index (χ1) is 9.25. The normalized spacial score (nSPS) is 19.1. The van der Waals surface area contributed by atoms with E-state index in [1.807, 2.05) is 23.9 Å². The van der Waals surface area contributed by atoms with E-state index in [0.717, 1.165) is 5.75 Å². The molecule has 0 radical (unpaired) electrons. The molecule has 1 aromatic carbocycles. The number of hydrogen-bond donors (Lipinski definition) is 1. The Bertz CT molecular complexity index is 630. The van der Waals surface area contributed by atoms with Crippen LogP contribution in [0.1, 0.15) is 11.5 Å². The summed E-state index contributed by atoms with van der Waals surface area (Å²) in [6, 6.07) is 11.8. The van der Waals surface area contributed by atoms with Crippen LogP contribution in [0.25, 0.3) is 0 Å². The number of nitrogens with zero attached hydrogens (tertiary/aromatic N) is 1. The van der Waals surface area contributed by atoms with Crippen molar-refractivity contribution in [1.82, 2.24) is 4.98 Å². The maximum atomic E-state index is 12.4. The van der Waals surface area contributed by atoms with Crippen molar-refractivity contribution in [2.45, 2.75) is 15.8 Å². The number of fused-ring (bicyclic) bond motifs is 1. The number of thioether (sulfide) groups is 1. The van der Waals surface area contributed by atoms with E-state index >= 15 is 0 Å². The first kappa shape index (κ1) is 12.7. The molecular weight excluding hydrogens is 276 g/mol. The molecule has 0 amide bonds. The van der Waals surface area contributed by atoms with Crippen LogP contribution in [0.3, 0.4) is 0 Å². The van der Waals surface area contributed by atoms with Crippen LogP contribution < -0.4 is 5.73 Å². The van der Waals surface area contributed by atoms with Gasteiger partial charge in [0.1, 0.15) is 5.03 Å². The number of rotatable bonds is 3. The van der Waals surface area contributed by atoms with E-state index in [0.29, 0.717) is 22.4 Å². The van der Waals surface area contributed by atoms with Crippen molar-refractivity contribution in [1.29, 1.82) is 0 Å². The summed E-state index contributed by atoms with van der Waals surface area (Å²) in [4.78, 5) is 5.45. The van der Waals surface area contributed by atoms with Crippen LogP contribution in [0, 0.1) is 0 Å². The van der Waals surface area contributed by atoms with E-state index < -0.39 is 10.8 Å². The van der Waals surface area contributed by atoms with E-state index in [2.05, 4.69) is 17.1 Å². The zero-order valence-electron chi connectivity index (χ0n) is 10.3. The SMILES string of the molecule is Nc1cccnc1S(=O)CC1CSc2ccccc21. The Morgan fingerprint density at radius 3 is 3.00 bits per heavy atom. The number of benzene rings is 1. The van der Waals surface area contributed by atoms with Crippen molar-refractivity contribution in [2.24, 2.45) is 0 Å². The summed E-state index contributed by atoms with van der Waals surface area (Å²) in [6.07, 6.45) is 1.64. The highest BCUT2D eigenvalue weighted by Crippen LogP contribution is 2.40. The van der Waals surface area contributed by atoms with Crippen molar-refractivity contribution < 1.29 is 4.21 Å². The third kappa shape index (κ3) is 2.53. The van der Waals surface area contributed by atoms with Gasteiger partial charge in [0.15, 0.2) is 0 Å². The molecule has 2 atom stereocenters. The molecule has 3 nitrogen and oxygen atoms in total. The molecule has 0 spiro atoms. The van der Waals surface area contributed by atoms with E-state index in [-0.39, 0.29) is 0 Å². The van der Waals surface area contributed by atoms with E-state index in [9.17, 15) is 4.21 Å². The largest absolute Gasteiger partial charge is 0.396 e. The second-order valence-electron chi connectivity index (χ2n) is 4.46. The monoisotopic (exact) mass is 290 g/mol. The van der Waals surface area contributed by atoms with Crippen molar-refractivity contribution in [3.8, 4) is 0 Å². The zero-order valence-corrected chi connectivity index (χ0v) is 11.9. The van der Waals surface area contributed by atoms with Crippen LogP contribution in [0.4, 0.5) is 5.69 Å². The van der Waals surface area contributed by atoms with Crippen LogP contribution in [0.5, 0.6) is 0 Å². The summed E-state index contributed by atoms with van der Waals surface area (Å²) >= 11 is 1.83. The highest BCUT2D eigenvalue weighted by Gasteiger charge is 2.25. The predicted molar refractivity (Wildman–Crippen MR) is 79.8 cm³/mol. The van der Waals surface area contributed by atoms with Crippen LogP contribution >= 0.6 is 11.8 Å². The zero-order chi connectivity index (χ0) is 13.2. The molecule has 2 unspecified atom stereocenters. The fourth-order valence-electron chi connectivity index (χ4n) is 2.22. The molecule has 2 heterocycles. The lowest BCUT2D eigenvalue weighted by atomic mass is 10.0. The van der Waals surface area contributed by atoms with Gasteiger partial charge < -0.3 is 5.73 Å². The maximum Gasteiger partial charge on any atom is 0.150 e. The average molecular weight is 290 g/mol. The minimum absolute atomic E-state index is 0.323. The van der Waals surface area contributed by atoms with Gasteiger partial charge in [-0.15, -0.1) is 11.8 Å². The number of nitrogen functional groups attached to an aromatic ring is 1. The van der Waals surface area contributed by atoms with Gasteiger partial charge in [-0.25, -0.2) is 4.98 Å². The average Bonchev–Trinajstić information content (AvgIpc) is 2.83. The lowest BCUT2D eigenvalue weighted by Crippen LogP contribution is -2.11. The van der Waals surface area contributed by atoms with Gasteiger partial charge in [0.2, 0.25) is 0 Å². The summed E-state index contributed by atoms with van der Waals surface area (Å²) in [5.41, 5.74) is 7.64. The maximum absolute atomic E-state index is 12.4. The summed E-state index contributed by atoms with van der Waals surface area (Å²) < 4.78 is 12.4. The minimum Gasteiger partial charge on any atom is -0.396 e. The first-order valence-electron chi connectivity index (χ1n) is 6.06. The Labute approximate surface area is 119 Å². The third-order valence-corrected chi connectivity index (χ3v) is 5.90. The molecule has 1 aliphatic rings. The number of nitrogens with two attached hydrogens (primary N) is 1. The molecule has 0 aliphatic carbocycles. The molecule has 5 heteroatoms. The number of anilines is 1. The van der Waals surface area contributed by atoms with Crippen LogP contribution in [0.2, 0.25) is 0 Å². The van der Waals surface area contributed by atoms with Gasteiger partial charge in [0, 0.05) is 28.5 Å². The van der Waals surface area contributed by atoms with Crippen molar-refractivity contribution in [3.63, 3.8) is 0 Å². The topological polar surface area (TPSA) is 56.0 Å². The molecule has 19 heavy (non-hydrogen) atoms. The molecule has 2 aromatic rings. The van der Waals surface area contributed by atoms with Gasteiger partial charge in [-0.2, -0.15) is 0 Å². The van der Waals surface area contributed by atoms with Gasteiger partial charge in [-0.1, -0.05) is 18.2 Å². The van der Waals surface area contributed by atoms with Gasteiger partial charge in [-0.3, -0.25) is 4.21 Å². The molecule has 3 rings (SSSR count). The van der Waals surface area contributed by atoms with Gasteiger partial charge >= 0.3 is 0 Å². The fourth-order valence-corrected chi connectivity index (χ4v) is 4.96. The predicted octanol–water partition coefficient (Wildman–Crippen LogP) is 2.66. The smallest absolute Gasteiger partial charge is 0.150 e. The molecule has 2 N–H and O–H groups in total. The highest BCUT2D eigenvalue weighted by molar-refractivity contribution is 7.99. The summed E-state index contributed by atoms with van der Waals surface area (Å²) in [5.74, 6) is 1.90. The van der Waals surface area contributed by atoms with Crippen LogP contribution in [-0.4, -0.2) is 20.7 Å².